The number of nitrogens with zero attached hydrogens (tertiary/aromatic N) is 3. The van der Waals surface area contributed by atoms with Crippen molar-refractivity contribution in [3.63, 3.8) is 0 Å². The highest BCUT2D eigenvalue weighted by molar-refractivity contribution is 5.57. The van der Waals surface area contributed by atoms with Gasteiger partial charge in [-0.25, -0.2) is 15.0 Å². The SMILES string of the molecule is Fc1cc(-c2ccc(OC(F)F)nc2)ncn1. The zero-order chi connectivity index (χ0) is 12.3. The minimum atomic E-state index is -2.93. The Kier molecular flexibility index (Phi) is 3.17. The molecule has 2 heterocycles. The van der Waals surface area contributed by atoms with Crippen LogP contribution in [0.5, 0.6) is 5.88 Å². The Morgan fingerprint density at radius 1 is 1.12 bits per heavy atom. The third-order valence-corrected chi connectivity index (χ3v) is 1.88. The number of rotatable bonds is 3. The summed E-state index contributed by atoms with van der Waals surface area (Å²) >= 11 is 0. The molecule has 0 radical (unpaired) electrons. The number of ether oxygens (including phenoxy) is 1. The lowest BCUT2D eigenvalue weighted by molar-refractivity contribution is -0.0528. The molecule has 7 heteroatoms. The number of alkyl halides is 2. The second-order valence-electron chi connectivity index (χ2n) is 2.99. The highest BCUT2D eigenvalue weighted by atomic mass is 19.3. The molecule has 0 bridgehead atoms. The average Bonchev–Trinajstić information content (AvgIpc) is 2.29. The Bertz CT molecular complexity index is 504. The fourth-order valence-electron chi connectivity index (χ4n) is 1.18. The Labute approximate surface area is 94.1 Å². The van der Waals surface area contributed by atoms with E-state index < -0.39 is 12.6 Å². The summed E-state index contributed by atoms with van der Waals surface area (Å²) in [5.74, 6) is -0.888. The summed E-state index contributed by atoms with van der Waals surface area (Å²) in [6, 6.07) is 3.82. The van der Waals surface area contributed by atoms with Gasteiger partial charge in [-0.3, -0.25) is 0 Å². The Morgan fingerprint density at radius 3 is 2.53 bits per heavy atom. The molecule has 2 rings (SSSR count). The zero-order valence-corrected chi connectivity index (χ0v) is 8.35. The minimum Gasteiger partial charge on any atom is -0.417 e. The molecule has 0 saturated carbocycles. The van der Waals surface area contributed by atoms with Gasteiger partial charge >= 0.3 is 6.61 Å². The first kappa shape index (κ1) is 11.3. The molecular formula is C10H6F3N3O. The van der Waals surface area contributed by atoms with Crippen molar-refractivity contribution in [2.24, 2.45) is 0 Å². The number of hydrogen-bond donors (Lipinski definition) is 0. The summed E-state index contributed by atoms with van der Waals surface area (Å²) in [6.07, 6.45) is 2.33. The van der Waals surface area contributed by atoms with Crippen molar-refractivity contribution >= 4 is 0 Å². The van der Waals surface area contributed by atoms with Crippen LogP contribution in [0.3, 0.4) is 0 Å². The van der Waals surface area contributed by atoms with E-state index in [0.717, 1.165) is 12.4 Å². The molecule has 88 valence electrons. The maximum absolute atomic E-state index is 12.8. The third-order valence-electron chi connectivity index (χ3n) is 1.88. The minimum absolute atomic E-state index is 0.210. The van der Waals surface area contributed by atoms with Crippen LogP contribution < -0.4 is 4.74 Å². The molecule has 4 nitrogen and oxygen atoms in total. The van der Waals surface area contributed by atoms with E-state index in [1.54, 1.807) is 0 Å². The predicted molar refractivity (Wildman–Crippen MR) is 51.9 cm³/mol. The molecule has 2 aromatic rings. The normalized spacial score (nSPS) is 10.6. The van der Waals surface area contributed by atoms with Crippen LogP contribution >= 0.6 is 0 Å². The van der Waals surface area contributed by atoms with E-state index in [-0.39, 0.29) is 5.88 Å². The fourth-order valence-corrected chi connectivity index (χ4v) is 1.18. The van der Waals surface area contributed by atoms with Crippen LogP contribution in [-0.4, -0.2) is 21.6 Å². The second kappa shape index (κ2) is 4.77. The Hall–Kier alpha value is -2.18. The first-order valence-corrected chi connectivity index (χ1v) is 4.54. The second-order valence-corrected chi connectivity index (χ2v) is 2.99. The van der Waals surface area contributed by atoms with E-state index in [0.29, 0.717) is 11.3 Å². The highest BCUT2D eigenvalue weighted by Crippen LogP contribution is 2.18. The molecule has 0 saturated heterocycles. The van der Waals surface area contributed by atoms with E-state index in [1.165, 1.54) is 18.3 Å². The van der Waals surface area contributed by atoms with Gasteiger partial charge in [0.1, 0.15) is 6.33 Å². The lowest BCUT2D eigenvalue weighted by atomic mass is 10.2. The molecule has 2 aromatic heterocycles. The van der Waals surface area contributed by atoms with E-state index in [4.69, 9.17) is 0 Å². The van der Waals surface area contributed by atoms with Crippen LogP contribution in [0.4, 0.5) is 13.2 Å². The molecule has 17 heavy (non-hydrogen) atoms. The molecule has 0 aliphatic heterocycles. The molecule has 0 aliphatic carbocycles. The Balaban J connectivity index is 2.23. The smallest absolute Gasteiger partial charge is 0.388 e. The number of pyridine rings is 1. The lowest BCUT2D eigenvalue weighted by Crippen LogP contribution is -2.03. The fraction of sp³-hybridized carbons (Fsp3) is 0.100. The van der Waals surface area contributed by atoms with Gasteiger partial charge in [0.2, 0.25) is 11.8 Å². The van der Waals surface area contributed by atoms with Crippen LogP contribution in [0.1, 0.15) is 0 Å². The molecular weight excluding hydrogens is 235 g/mol. The molecule has 0 aromatic carbocycles. The molecule has 0 amide bonds. The quantitative estimate of drug-likeness (QED) is 0.773. The van der Waals surface area contributed by atoms with Crippen molar-refractivity contribution in [1.29, 1.82) is 0 Å². The van der Waals surface area contributed by atoms with Crippen LogP contribution in [0.15, 0.2) is 30.7 Å². The third kappa shape index (κ3) is 2.90. The first-order valence-electron chi connectivity index (χ1n) is 4.54. The number of hydrogen-bond acceptors (Lipinski definition) is 4. The summed E-state index contributed by atoms with van der Waals surface area (Å²) in [5, 5.41) is 0. The van der Waals surface area contributed by atoms with Gasteiger partial charge in [-0.1, -0.05) is 0 Å². The summed E-state index contributed by atoms with van der Waals surface area (Å²) in [4.78, 5) is 10.8. The standard InChI is InChI=1S/C10H6F3N3O/c11-8-3-7(15-5-16-8)6-1-2-9(14-4-6)17-10(12)13/h1-5,10H. The van der Waals surface area contributed by atoms with Gasteiger partial charge in [0, 0.05) is 23.9 Å². The van der Waals surface area contributed by atoms with Gasteiger partial charge < -0.3 is 4.74 Å². The van der Waals surface area contributed by atoms with Crippen molar-refractivity contribution in [3.8, 4) is 17.1 Å². The monoisotopic (exact) mass is 241 g/mol. The summed E-state index contributed by atoms with van der Waals surface area (Å²) in [5.41, 5.74) is 0.793. The average molecular weight is 241 g/mol. The molecule has 0 spiro atoms. The van der Waals surface area contributed by atoms with Crippen molar-refractivity contribution in [3.05, 3.63) is 36.7 Å². The molecule has 0 fully saturated rings. The van der Waals surface area contributed by atoms with Crippen LogP contribution in [0.25, 0.3) is 11.3 Å². The van der Waals surface area contributed by atoms with Crippen molar-refractivity contribution in [2.75, 3.05) is 0 Å². The van der Waals surface area contributed by atoms with Crippen LogP contribution in [0, 0.1) is 5.95 Å². The predicted octanol–water partition coefficient (Wildman–Crippen LogP) is 2.28. The van der Waals surface area contributed by atoms with Crippen molar-refractivity contribution in [1.82, 2.24) is 15.0 Å². The first-order chi connectivity index (χ1) is 8.15. The maximum Gasteiger partial charge on any atom is 0.388 e. The molecule has 0 atom stereocenters. The lowest BCUT2D eigenvalue weighted by Gasteiger charge is -2.04. The molecule has 0 aliphatic rings. The molecule has 0 N–H and O–H groups in total. The van der Waals surface area contributed by atoms with Crippen molar-refractivity contribution in [2.45, 2.75) is 6.61 Å². The Morgan fingerprint density at radius 2 is 1.94 bits per heavy atom. The van der Waals surface area contributed by atoms with Crippen LogP contribution in [-0.2, 0) is 0 Å². The maximum atomic E-state index is 12.8. The van der Waals surface area contributed by atoms with Gasteiger partial charge in [-0.05, 0) is 6.07 Å². The van der Waals surface area contributed by atoms with E-state index >= 15 is 0 Å². The van der Waals surface area contributed by atoms with Crippen LogP contribution in [0.2, 0.25) is 0 Å². The number of halogens is 3. The van der Waals surface area contributed by atoms with Crippen molar-refractivity contribution < 1.29 is 17.9 Å². The van der Waals surface area contributed by atoms with Gasteiger partial charge in [-0.2, -0.15) is 13.2 Å². The van der Waals surface area contributed by atoms with Gasteiger partial charge in [0.05, 0.1) is 5.69 Å². The van der Waals surface area contributed by atoms with Gasteiger partial charge in [0.15, 0.2) is 0 Å². The van der Waals surface area contributed by atoms with E-state index in [1.807, 2.05) is 0 Å². The summed E-state index contributed by atoms with van der Waals surface area (Å²) in [6.45, 7) is -2.93. The van der Waals surface area contributed by atoms with Gasteiger partial charge in [-0.15, -0.1) is 0 Å². The highest BCUT2D eigenvalue weighted by Gasteiger charge is 2.06. The summed E-state index contributed by atoms with van der Waals surface area (Å²) in [7, 11) is 0. The van der Waals surface area contributed by atoms with E-state index in [2.05, 4.69) is 19.7 Å². The molecule has 0 unspecified atom stereocenters. The summed E-state index contributed by atoms with van der Waals surface area (Å²) < 4.78 is 40.6. The largest absolute Gasteiger partial charge is 0.417 e. The number of aromatic nitrogens is 3. The van der Waals surface area contributed by atoms with E-state index in [9.17, 15) is 13.2 Å². The van der Waals surface area contributed by atoms with Gasteiger partial charge in [0.25, 0.3) is 0 Å². The zero-order valence-electron chi connectivity index (χ0n) is 8.35. The topological polar surface area (TPSA) is 47.9 Å².